The molecule has 4 aliphatic rings. The smallest absolute Gasteiger partial charge is 0.403 e. The summed E-state index contributed by atoms with van der Waals surface area (Å²) >= 11 is 0. The van der Waals surface area contributed by atoms with Gasteiger partial charge in [0.15, 0.2) is 5.41 Å². The number of carboxylic acids is 2. The zero-order valence-corrected chi connectivity index (χ0v) is 22.4. The first-order valence-corrected chi connectivity index (χ1v) is 14.8. The van der Waals surface area contributed by atoms with Gasteiger partial charge < -0.3 is 10.2 Å². The first-order valence-electron chi connectivity index (χ1n) is 14.8. The quantitative estimate of drug-likeness (QED) is 0.315. The number of aliphatic carboxylic acids is 2. The standard InChI is InChI=1S/C29H42F6O4/c30-28(31,32)27(29(33,34)35,23-11-7-17(8-12-23)19-3-1-5-21(15-19)25(36)37)24-13-9-18(10-14-24)20-4-2-6-22(16-20)26(38)39/h17-24H,1-16H2,(H,36,37)(H,38,39). The molecular weight excluding hydrogens is 526 g/mol. The van der Waals surface area contributed by atoms with Crippen molar-refractivity contribution in [3.8, 4) is 0 Å². The molecule has 4 rings (SSSR count). The molecule has 0 bridgehead atoms. The first-order chi connectivity index (χ1) is 18.3. The Hall–Kier alpha value is -1.48. The fourth-order valence-electron chi connectivity index (χ4n) is 9.27. The van der Waals surface area contributed by atoms with Gasteiger partial charge in [-0.05, 0) is 113 Å². The number of alkyl halides is 6. The van der Waals surface area contributed by atoms with Crippen molar-refractivity contribution in [3.05, 3.63) is 0 Å². The Morgan fingerprint density at radius 1 is 0.487 bits per heavy atom. The number of carboxylic acid groups (broad SMARTS) is 2. The van der Waals surface area contributed by atoms with Gasteiger partial charge in [-0.2, -0.15) is 26.3 Å². The first kappa shape index (κ1) is 30.5. The van der Waals surface area contributed by atoms with Gasteiger partial charge in [-0.1, -0.05) is 25.7 Å². The summed E-state index contributed by atoms with van der Waals surface area (Å²) in [7, 11) is 0. The highest BCUT2D eigenvalue weighted by Crippen LogP contribution is 2.66. The highest BCUT2D eigenvalue weighted by atomic mass is 19.4. The lowest BCUT2D eigenvalue weighted by Gasteiger charge is -2.52. The molecule has 4 atom stereocenters. The molecule has 0 aliphatic heterocycles. The number of halogens is 6. The van der Waals surface area contributed by atoms with Crippen molar-refractivity contribution >= 4 is 11.9 Å². The summed E-state index contributed by atoms with van der Waals surface area (Å²) in [4.78, 5) is 22.9. The highest BCUT2D eigenvalue weighted by Gasteiger charge is 2.76. The molecule has 0 amide bonds. The van der Waals surface area contributed by atoms with Crippen LogP contribution in [0.3, 0.4) is 0 Å². The molecule has 0 saturated heterocycles. The second kappa shape index (κ2) is 11.8. The van der Waals surface area contributed by atoms with Crippen molar-refractivity contribution in [2.24, 2.45) is 52.8 Å². The van der Waals surface area contributed by atoms with E-state index < -0.39 is 53.4 Å². The maximum Gasteiger partial charge on any atom is 0.403 e. The third-order valence-electron chi connectivity index (χ3n) is 11.2. The third-order valence-corrected chi connectivity index (χ3v) is 11.2. The van der Waals surface area contributed by atoms with Gasteiger partial charge in [0, 0.05) is 0 Å². The maximum atomic E-state index is 14.8. The molecule has 4 fully saturated rings. The topological polar surface area (TPSA) is 74.6 Å². The summed E-state index contributed by atoms with van der Waals surface area (Å²) in [5.74, 6) is -5.70. The van der Waals surface area contributed by atoms with Crippen LogP contribution in [-0.4, -0.2) is 34.5 Å². The summed E-state index contributed by atoms with van der Waals surface area (Å²) in [5.41, 5.74) is -3.73. The van der Waals surface area contributed by atoms with E-state index in [2.05, 4.69) is 0 Å². The summed E-state index contributed by atoms with van der Waals surface area (Å²) in [6.07, 6.45) is -5.15. The van der Waals surface area contributed by atoms with E-state index >= 15 is 0 Å². The van der Waals surface area contributed by atoms with E-state index in [1.807, 2.05) is 0 Å². The van der Waals surface area contributed by atoms with Crippen LogP contribution in [0, 0.1) is 52.8 Å². The van der Waals surface area contributed by atoms with Gasteiger partial charge in [0.1, 0.15) is 0 Å². The Morgan fingerprint density at radius 2 is 0.821 bits per heavy atom. The molecule has 39 heavy (non-hydrogen) atoms. The van der Waals surface area contributed by atoms with Crippen LogP contribution in [0.25, 0.3) is 0 Å². The van der Waals surface area contributed by atoms with E-state index in [1.165, 1.54) is 0 Å². The predicted molar refractivity (Wildman–Crippen MR) is 132 cm³/mol. The summed E-state index contributed by atoms with van der Waals surface area (Å²) in [5, 5.41) is 18.8. The lowest BCUT2D eigenvalue weighted by Crippen LogP contribution is -2.60. The van der Waals surface area contributed by atoms with Gasteiger partial charge in [0.2, 0.25) is 0 Å². The number of hydrogen-bond donors (Lipinski definition) is 2. The van der Waals surface area contributed by atoms with Gasteiger partial charge in [-0.3, -0.25) is 9.59 Å². The molecule has 0 aromatic rings. The molecule has 0 aromatic heterocycles. The monoisotopic (exact) mass is 568 g/mol. The largest absolute Gasteiger partial charge is 0.481 e. The Kier molecular flexibility index (Phi) is 9.21. The fourth-order valence-corrected chi connectivity index (χ4v) is 9.27. The van der Waals surface area contributed by atoms with Gasteiger partial charge in [-0.15, -0.1) is 0 Å². The minimum Gasteiger partial charge on any atom is -0.481 e. The molecule has 4 unspecified atom stereocenters. The lowest BCUT2D eigenvalue weighted by molar-refractivity contribution is -0.382. The van der Waals surface area contributed by atoms with Gasteiger partial charge >= 0.3 is 24.3 Å². The van der Waals surface area contributed by atoms with Crippen LogP contribution in [-0.2, 0) is 9.59 Å². The molecule has 0 spiro atoms. The Labute approximate surface area is 226 Å². The van der Waals surface area contributed by atoms with E-state index in [1.54, 1.807) is 0 Å². The molecule has 224 valence electrons. The molecule has 4 aliphatic carbocycles. The Balaban J connectivity index is 1.47. The van der Waals surface area contributed by atoms with E-state index in [-0.39, 0.29) is 75.0 Å². The van der Waals surface area contributed by atoms with Gasteiger partial charge in [0.05, 0.1) is 11.8 Å². The second-order valence-electron chi connectivity index (χ2n) is 13.0. The second-order valence-corrected chi connectivity index (χ2v) is 13.0. The molecule has 4 saturated carbocycles. The minimum atomic E-state index is -5.42. The van der Waals surface area contributed by atoms with Crippen LogP contribution < -0.4 is 0 Å². The summed E-state index contributed by atoms with van der Waals surface area (Å²) in [6, 6.07) is 0. The lowest BCUT2D eigenvalue weighted by atomic mass is 9.54. The molecule has 10 heteroatoms. The van der Waals surface area contributed by atoms with Gasteiger partial charge in [0.25, 0.3) is 0 Å². The average molecular weight is 569 g/mol. The molecule has 2 N–H and O–H groups in total. The molecule has 0 aromatic carbocycles. The van der Waals surface area contributed by atoms with Crippen molar-refractivity contribution in [1.29, 1.82) is 0 Å². The molecule has 0 radical (unpaired) electrons. The predicted octanol–water partition coefficient (Wildman–Crippen LogP) is 8.49. The molecule has 0 heterocycles. The zero-order valence-electron chi connectivity index (χ0n) is 22.4. The summed E-state index contributed by atoms with van der Waals surface area (Å²) in [6.45, 7) is 0. The van der Waals surface area contributed by atoms with Crippen molar-refractivity contribution in [2.45, 2.75) is 115 Å². The number of hydrogen-bond acceptors (Lipinski definition) is 2. The van der Waals surface area contributed by atoms with Crippen LogP contribution in [0.15, 0.2) is 0 Å². The van der Waals surface area contributed by atoms with E-state index in [4.69, 9.17) is 0 Å². The molecule has 4 nitrogen and oxygen atoms in total. The minimum absolute atomic E-state index is 0.0215. The molecular formula is C29H42F6O4. The van der Waals surface area contributed by atoms with Crippen molar-refractivity contribution in [3.63, 3.8) is 0 Å². The average Bonchev–Trinajstić information content (AvgIpc) is 2.88. The van der Waals surface area contributed by atoms with E-state index in [0.29, 0.717) is 25.7 Å². The number of rotatable bonds is 6. The van der Waals surface area contributed by atoms with Crippen molar-refractivity contribution < 1.29 is 46.1 Å². The normalized spacial score (nSPS) is 37.3. The Bertz CT molecular complexity index is 785. The zero-order chi connectivity index (χ0) is 28.6. The van der Waals surface area contributed by atoms with Crippen LogP contribution >= 0.6 is 0 Å². The van der Waals surface area contributed by atoms with Crippen LogP contribution in [0.4, 0.5) is 26.3 Å². The van der Waals surface area contributed by atoms with Crippen molar-refractivity contribution in [2.75, 3.05) is 0 Å². The van der Waals surface area contributed by atoms with Gasteiger partial charge in [-0.25, -0.2) is 0 Å². The fraction of sp³-hybridized carbons (Fsp3) is 0.931. The SMILES string of the molecule is O=C(O)C1CCCC(C2CCC(C(C3CCC(C4CCCC(C(=O)O)C4)CC3)(C(F)(F)F)C(F)(F)F)CC2)C1. The highest BCUT2D eigenvalue weighted by molar-refractivity contribution is 5.70. The van der Waals surface area contributed by atoms with E-state index in [0.717, 1.165) is 25.7 Å². The van der Waals surface area contributed by atoms with Crippen molar-refractivity contribution in [1.82, 2.24) is 0 Å². The maximum absolute atomic E-state index is 14.8. The Morgan fingerprint density at radius 3 is 1.10 bits per heavy atom. The van der Waals surface area contributed by atoms with Crippen LogP contribution in [0.5, 0.6) is 0 Å². The summed E-state index contributed by atoms with van der Waals surface area (Å²) < 4.78 is 88.6. The van der Waals surface area contributed by atoms with Crippen LogP contribution in [0.1, 0.15) is 103 Å². The third kappa shape index (κ3) is 6.09. The number of carbonyl (C=O) groups is 2. The van der Waals surface area contributed by atoms with Crippen LogP contribution in [0.2, 0.25) is 0 Å². The van der Waals surface area contributed by atoms with E-state index in [9.17, 15) is 46.1 Å².